The standard InChI is InChI=1S/C13H16Br2N4/c1-3-16-11(12-13(15)17-18-19(12)2)8-9-5-4-6-10(14)7-9/h4-7,11,16H,3,8H2,1-2H3. The van der Waals surface area contributed by atoms with Crippen LogP contribution in [0.25, 0.3) is 0 Å². The van der Waals surface area contributed by atoms with Crippen molar-refractivity contribution < 1.29 is 0 Å². The van der Waals surface area contributed by atoms with Crippen molar-refractivity contribution in [2.75, 3.05) is 6.54 Å². The minimum atomic E-state index is 0.189. The summed E-state index contributed by atoms with van der Waals surface area (Å²) in [4.78, 5) is 0. The molecule has 0 aliphatic rings. The van der Waals surface area contributed by atoms with E-state index in [1.807, 2.05) is 17.8 Å². The fourth-order valence-corrected chi connectivity index (χ4v) is 3.17. The van der Waals surface area contributed by atoms with Gasteiger partial charge < -0.3 is 5.32 Å². The van der Waals surface area contributed by atoms with Crippen molar-refractivity contribution >= 4 is 31.9 Å². The number of hydrogen-bond acceptors (Lipinski definition) is 3. The second-order valence-electron chi connectivity index (χ2n) is 4.33. The van der Waals surface area contributed by atoms with Crippen molar-refractivity contribution in [3.63, 3.8) is 0 Å². The number of hydrogen-bond donors (Lipinski definition) is 1. The summed E-state index contributed by atoms with van der Waals surface area (Å²) in [7, 11) is 1.92. The molecule has 0 radical (unpaired) electrons. The zero-order valence-electron chi connectivity index (χ0n) is 10.9. The number of rotatable bonds is 5. The monoisotopic (exact) mass is 386 g/mol. The van der Waals surface area contributed by atoms with Crippen LogP contribution in [0.1, 0.15) is 24.2 Å². The molecular weight excluding hydrogens is 372 g/mol. The van der Waals surface area contributed by atoms with E-state index in [0.29, 0.717) is 0 Å². The third-order valence-corrected chi connectivity index (χ3v) is 3.99. The normalized spacial score (nSPS) is 12.6. The number of halogens is 2. The summed E-state index contributed by atoms with van der Waals surface area (Å²) >= 11 is 6.98. The molecule has 0 aliphatic carbocycles. The van der Waals surface area contributed by atoms with Gasteiger partial charge in [-0.05, 0) is 46.6 Å². The molecular formula is C13H16Br2N4. The molecule has 1 unspecified atom stereocenters. The fraction of sp³-hybridized carbons (Fsp3) is 0.385. The number of aromatic nitrogens is 3. The molecule has 1 aromatic heterocycles. The number of nitrogens with zero attached hydrogens (tertiary/aromatic N) is 3. The smallest absolute Gasteiger partial charge is 0.153 e. The van der Waals surface area contributed by atoms with Crippen LogP contribution in [0.3, 0.4) is 0 Å². The highest BCUT2D eigenvalue weighted by atomic mass is 79.9. The average Bonchev–Trinajstić information content (AvgIpc) is 2.69. The minimum Gasteiger partial charge on any atom is -0.309 e. The van der Waals surface area contributed by atoms with Crippen molar-refractivity contribution in [1.29, 1.82) is 0 Å². The van der Waals surface area contributed by atoms with Crippen LogP contribution in [0, 0.1) is 0 Å². The summed E-state index contributed by atoms with van der Waals surface area (Å²) in [5.41, 5.74) is 2.34. The van der Waals surface area contributed by atoms with Crippen molar-refractivity contribution in [2.24, 2.45) is 7.05 Å². The highest BCUT2D eigenvalue weighted by Gasteiger charge is 2.19. The van der Waals surface area contributed by atoms with Crippen LogP contribution in [0.4, 0.5) is 0 Å². The van der Waals surface area contributed by atoms with Gasteiger partial charge in [0.2, 0.25) is 0 Å². The van der Waals surface area contributed by atoms with Gasteiger partial charge in [-0.2, -0.15) is 0 Å². The van der Waals surface area contributed by atoms with Crippen LogP contribution in [0.5, 0.6) is 0 Å². The summed E-state index contributed by atoms with van der Waals surface area (Å²) in [5.74, 6) is 0. The maximum absolute atomic E-state index is 4.06. The summed E-state index contributed by atoms with van der Waals surface area (Å²) in [5, 5.41) is 11.6. The minimum absolute atomic E-state index is 0.189. The molecule has 102 valence electrons. The Bertz CT molecular complexity index is 534. The molecule has 0 fully saturated rings. The van der Waals surface area contributed by atoms with Gasteiger partial charge in [-0.15, -0.1) is 5.10 Å². The molecule has 1 aromatic carbocycles. The Morgan fingerprint density at radius 1 is 1.37 bits per heavy atom. The third-order valence-electron chi connectivity index (χ3n) is 2.94. The molecule has 2 aromatic rings. The van der Waals surface area contributed by atoms with E-state index in [-0.39, 0.29) is 6.04 Å². The van der Waals surface area contributed by atoms with E-state index in [4.69, 9.17) is 0 Å². The van der Waals surface area contributed by atoms with Gasteiger partial charge in [0.15, 0.2) is 4.60 Å². The Morgan fingerprint density at radius 2 is 2.16 bits per heavy atom. The predicted molar refractivity (Wildman–Crippen MR) is 83.0 cm³/mol. The lowest BCUT2D eigenvalue weighted by molar-refractivity contribution is 0.505. The molecule has 2 rings (SSSR count). The van der Waals surface area contributed by atoms with Crippen LogP contribution in [-0.4, -0.2) is 21.5 Å². The highest BCUT2D eigenvalue weighted by Crippen LogP contribution is 2.24. The quantitative estimate of drug-likeness (QED) is 0.856. The van der Waals surface area contributed by atoms with Crippen molar-refractivity contribution in [2.45, 2.75) is 19.4 Å². The summed E-state index contributed by atoms with van der Waals surface area (Å²) in [6.45, 7) is 3.00. The number of aryl methyl sites for hydroxylation is 1. The molecule has 1 heterocycles. The van der Waals surface area contributed by atoms with Gasteiger partial charge >= 0.3 is 0 Å². The second kappa shape index (κ2) is 6.63. The molecule has 1 N–H and O–H groups in total. The van der Waals surface area contributed by atoms with Crippen molar-refractivity contribution in [3.05, 3.63) is 44.6 Å². The zero-order valence-corrected chi connectivity index (χ0v) is 14.1. The van der Waals surface area contributed by atoms with Crippen LogP contribution in [-0.2, 0) is 13.5 Å². The van der Waals surface area contributed by atoms with Crippen LogP contribution >= 0.6 is 31.9 Å². The first kappa shape index (κ1) is 14.7. The molecule has 0 bridgehead atoms. The van der Waals surface area contributed by atoms with E-state index in [1.54, 1.807) is 0 Å². The van der Waals surface area contributed by atoms with Crippen LogP contribution in [0.2, 0.25) is 0 Å². The lowest BCUT2D eigenvalue weighted by Crippen LogP contribution is -2.25. The van der Waals surface area contributed by atoms with Crippen molar-refractivity contribution in [1.82, 2.24) is 20.3 Å². The van der Waals surface area contributed by atoms with E-state index in [0.717, 1.165) is 27.7 Å². The molecule has 1 atom stereocenters. The topological polar surface area (TPSA) is 42.7 Å². The lowest BCUT2D eigenvalue weighted by atomic mass is 10.0. The van der Waals surface area contributed by atoms with Gasteiger partial charge in [-0.3, -0.25) is 0 Å². The van der Waals surface area contributed by atoms with Crippen molar-refractivity contribution in [3.8, 4) is 0 Å². The summed E-state index contributed by atoms with van der Waals surface area (Å²) < 4.78 is 3.72. The number of nitrogens with one attached hydrogen (secondary N) is 1. The maximum Gasteiger partial charge on any atom is 0.153 e. The number of benzene rings is 1. The molecule has 19 heavy (non-hydrogen) atoms. The molecule has 6 heteroatoms. The maximum atomic E-state index is 4.06. The SMILES string of the molecule is CCNC(Cc1cccc(Br)c1)c1c(Br)nnn1C. The fourth-order valence-electron chi connectivity index (χ4n) is 2.12. The third kappa shape index (κ3) is 3.64. The highest BCUT2D eigenvalue weighted by molar-refractivity contribution is 9.10. The van der Waals surface area contributed by atoms with E-state index < -0.39 is 0 Å². The Hall–Kier alpha value is -0.720. The predicted octanol–water partition coefficient (Wildman–Crippen LogP) is 3.23. The lowest BCUT2D eigenvalue weighted by Gasteiger charge is -2.18. The van der Waals surface area contributed by atoms with Crippen LogP contribution < -0.4 is 5.32 Å². The Kier molecular flexibility index (Phi) is 5.13. The van der Waals surface area contributed by atoms with E-state index in [9.17, 15) is 0 Å². The Balaban J connectivity index is 2.26. The van der Waals surface area contributed by atoms with E-state index in [2.05, 4.69) is 72.6 Å². The Morgan fingerprint density at radius 3 is 2.74 bits per heavy atom. The molecule has 0 amide bonds. The zero-order chi connectivity index (χ0) is 13.8. The first-order valence-corrected chi connectivity index (χ1v) is 7.73. The molecule has 0 spiro atoms. The van der Waals surface area contributed by atoms with E-state index >= 15 is 0 Å². The molecule has 0 saturated carbocycles. The second-order valence-corrected chi connectivity index (χ2v) is 6.00. The van der Waals surface area contributed by atoms with Gasteiger partial charge in [-0.25, -0.2) is 4.68 Å². The van der Waals surface area contributed by atoms with Gasteiger partial charge in [0.25, 0.3) is 0 Å². The first-order chi connectivity index (χ1) is 9.11. The molecule has 0 saturated heterocycles. The Labute approximate surface area is 129 Å². The van der Waals surface area contributed by atoms with Gasteiger partial charge in [0, 0.05) is 11.5 Å². The van der Waals surface area contributed by atoms with Gasteiger partial charge in [0.05, 0.1) is 11.7 Å². The summed E-state index contributed by atoms with van der Waals surface area (Å²) in [6, 6.07) is 8.55. The summed E-state index contributed by atoms with van der Waals surface area (Å²) in [6.07, 6.45) is 0.896. The van der Waals surface area contributed by atoms with E-state index in [1.165, 1.54) is 5.56 Å². The van der Waals surface area contributed by atoms with Gasteiger partial charge in [-0.1, -0.05) is 40.2 Å². The van der Waals surface area contributed by atoms with Crippen LogP contribution in [0.15, 0.2) is 33.3 Å². The largest absolute Gasteiger partial charge is 0.309 e. The number of likely N-dealkylation sites (N-methyl/N-ethyl adjacent to an activating group) is 1. The first-order valence-electron chi connectivity index (χ1n) is 6.14. The van der Waals surface area contributed by atoms with Gasteiger partial charge in [0.1, 0.15) is 0 Å². The molecule has 0 aliphatic heterocycles. The molecule has 4 nitrogen and oxygen atoms in total. The average molecular weight is 388 g/mol.